The van der Waals surface area contributed by atoms with Crippen LogP contribution in [0.15, 0.2) is 24.3 Å². The van der Waals surface area contributed by atoms with Gasteiger partial charge in [-0.15, -0.1) is 0 Å². The van der Waals surface area contributed by atoms with Gasteiger partial charge in [0.1, 0.15) is 12.1 Å². The van der Waals surface area contributed by atoms with Crippen LogP contribution in [0.1, 0.15) is 17.5 Å². The maximum absolute atomic E-state index is 11.1. The highest BCUT2D eigenvalue weighted by Crippen LogP contribution is 2.04. The lowest BCUT2D eigenvalue weighted by molar-refractivity contribution is -0.121. The largest absolute Gasteiger partial charge is 0.303 e. The second-order valence-corrected chi connectivity index (χ2v) is 3.07. The third-order valence-corrected chi connectivity index (χ3v) is 1.83. The Labute approximate surface area is 77.6 Å². The molecule has 0 N–H and O–H groups in total. The summed E-state index contributed by atoms with van der Waals surface area (Å²) in [4.78, 5) is 21.1. The highest BCUT2D eigenvalue weighted by atomic mass is 16.1. The summed E-state index contributed by atoms with van der Waals surface area (Å²) in [5.41, 5.74) is 2.14. The molecule has 0 fully saturated rings. The molecule has 0 aliphatic carbocycles. The van der Waals surface area contributed by atoms with E-state index in [0.29, 0.717) is 12.7 Å². The predicted octanol–water partition coefficient (Wildman–Crippen LogP) is 1.70. The Morgan fingerprint density at radius 1 is 1.31 bits per heavy atom. The third-order valence-electron chi connectivity index (χ3n) is 1.83. The highest BCUT2D eigenvalue weighted by Gasteiger charge is 2.01. The summed E-state index contributed by atoms with van der Waals surface area (Å²) in [6.45, 7) is 2.00. The number of carbonyl (C=O) groups excluding carboxylic acids is 2. The van der Waals surface area contributed by atoms with Gasteiger partial charge in [0.15, 0.2) is 0 Å². The first-order chi connectivity index (χ1) is 6.22. The van der Waals surface area contributed by atoms with E-state index in [1.807, 2.05) is 31.2 Å². The smallest absolute Gasteiger partial charge is 0.144 e. The van der Waals surface area contributed by atoms with Crippen molar-refractivity contribution in [3.05, 3.63) is 35.4 Å². The van der Waals surface area contributed by atoms with Crippen LogP contribution in [0.25, 0.3) is 0 Å². The van der Waals surface area contributed by atoms with E-state index in [0.717, 1.165) is 5.56 Å². The van der Waals surface area contributed by atoms with Crippen molar-refractivity contribution in [3.8, 4) is 0 Å². The van der Waals surface area contributed by atoms with E-state index in [2.05, 4.69) is 0 Å². The molecule has 0 amide bonds. The summed E-state index contributed by atoms with van der Waals surface area (Å²) in [7, 11) is 0. The lowest BCUT2D eigenvalue weighted by Gasteiger charge is -1.98. The predicted molar refractivity (Wildman–Crippen MR) is 50.6 cm³/mol. The van der Waals surface area contributed by atoms with Crippen LogP contribution < -0.4 is 0 Å². The van der Waals surface area contributed by atoms with Gasteiger partial charge in [-0.05, 0) is 12.5 Å². The summed E-state index contributed by atoms with van der Waals surface area (Å²) >= 11 is 0. The monoisotopic (exact) mass is 176 g/mol. The van der Waals surface area contributed by atoms with Crippen LogP contribution in [0.4, 0.5) is 0 Å². The summed E-state index contributed by atoms with van der Waals surface area (Å²) in [6.07, 6.45) is 1.03. The molecule has 2 nitrogen and oxygen atoms in total. The number of Topliss-reactive ketones (excluding diaryl/α,β-unsaturated/α-hetero) is 1. The van der Waals surface area contributed by atoms with E-state index < -0.39 is 0 Å². The van der Waals surface area contributed by atoms with Crippen LogP contribution in [0.3, 0.4) is 0 Å². The number of ketones is 1. The Morgan fingerprint density at radius 3 is 2.46 bits per heavy atom. The normalized spacial score (nSPS) is 9.62. The molecule has 0 unspecified atom stereocenters. The fraction of sp³-hybridized carbons (Fsp3) is 0.273. The van der Waals surface area contributed by atoms with Crippen LogP contribution in [-0.2, 0) is 16.0 Å². The molecule has 0 aliphatic heterocycles. The zero-order valence-electron chi connectivity index (χ0n) is 7.62. The second-order valence-electron chi connectivity index (χ2n) is 3.07. The second kappa shape index (κ2) is 4.55. The zero-order valence-corrected chi connectivity index (χ0v) is 7.62. The molecule has 0 atom stereocenters. The molecule has 0 saturated heterocycles. The van der Waals surface area contributed by atoms with Gasteiger partial charge in [0.2, 0.25) is 0 Å². The number of aryl methyl sites for hydroxylation is 1. The van der Waals surface area contributed by atoms with Gasteiger partial charge in [-0.25, -0.2) is 0 Å². The minimum absolute atomic E-state index is 0.0217. The average molecular weight is 176 g/mol. The van der Waals surface area contributed by atoms with Gasteiger partial charge in [0.25, 0.3) is 0 Å². The summed E-state index contributed by atoms with van der Waals surface area (Å²) in [6, 6.07) is 7.75. The van der Waals surface area contributed by atoms with Crippen LogP contribution in [0.2, 0.25) is 0 Å². The minimum Gasteiger partial charge on any atom is -0.303 e. The van der Waals surface area contributed by atoms with Crippen molar-refractivity contribution >= 4 is 12.1 Å². The molecular weight excluding hydrogens is 164 g/mol. The Kier molecular flexibility index (Phi) is 3.38. The quantitative estimate of drug-likeness (QED) is 0.517. The van der Waals surface area contributed by atoms with E-state index >= 15 is 0 Å². The molecule has 0 saturated carbocycles. The standard InChI is InChI=1S/C11H12O2/c1-9-2-4-10(5-3-9)8-11(13)6-7-12/h2-5,7H,6,8H2,1H3. The lowest BCUT2D eigenvalue weighted by atomic mass is 10.1. The van der Waals surface area contributed by atoms with Crippen molar-refractivity contribution < 1.29 is 9.59 Å². The van der Waals surface area contributed by atoms with E-state index in [1.165, 1.54) is 5.56 Å². The first-order valence-corrected chi connectivity index (χ1v) is 4.23. The van der Waals surface area contributed by atoms with Crippen LogP contribution in [0.5, 0.6) is 0 Å². The van der Waals surface area contributed by atoms with Gasteiger partial charge in [-0.3, -0.25) is 4.79 Å². The van der Waals surface area contributed by atoms with Crippen LogP contribution in [-0.4, -0.2) is 12.1 Å². The first-order valence-electron chi connectivity index (χ1n) is 4.23. The lowest BCUT2D eigenvalue weighted by Crippen LogP contribution is -2.02. The molecule has 2 heteroatoms. The van der Waals surface area contributed by atoms with Gasteiger partial charge >= 0.3 is 0 Å². The fourth-order valence-electron chi connectivity index (χ4n) is 1.10. The maximum atomic E-state index is 11.1. The number of hydrogen-bond donors (Lipinski definition) is 0. The van der Waals surface area contributed by atoms with Gasteiger partial charge in [-0.1, -0.05) is 29.8 Å². The number of carbonyl (C=O) groups is 2. The maximum Gasteiger partial charge on any atom is 0.144 e. The van der Waals surface area contributed by atoms with Crippen LogP contribution >= 0.6 is 0 Å². The number of aldehydes is 1. The first kappa shape index (κ1) is 9.65. The fourth-order valence-corrected chi connectivity index (χ4v) is 1.10. The van der Waals surface area contributed by atoms with E-state index in [-0.39, 0.29) is 12.2 Å². The molecule has 0 aromatic heterocycles. The highest BCUT2D eigenvalue weighted by molar-refractivity contribution is 5.91. The van der Waals surface area contributed by atoms with Crippen LogP contribution in [0, 0.1) is 6.92 Å². The van der Waals surface area contributed by atoms with E-state index in [9.17, 15) is 9.59 Å². The molecule has 68 valence electrons. The van der Waals surface area contributed by atoms with Gasteiger partial charge < -0.3 is 4.79 Å². The molecule has 0 aliphatic rings. The van der Waals surface area contributed by atoms with Gasteiger partial charge in [-0.2, -0.15) is 0 Å². The molecule has 13 heavy (non-hydrogen) atoms. The minimum atomic E-state index is -0.0288. The van der Waals surface area contributed by atoms with E-state index in [4.69, 9.17) is 0 Å². The zero-order chi connectivity index (χ0) is 9.68. The third kappa shape index (κ3) is 3.20. The Balaban J connectivity index is 2.59. The molecule has 0 heterocycles. The number of hydrogen-bond acceptors (Lipinski definition) is 2. The Bertz CT molecular complexity index is 298. The van der Waals surface area contributed by atoms with Gasteiger partial charge in [0.05, 0.1) is 6.42 Å². The Morgan fingerprint density at radius 2 is 1.92 bits per heavy atom. The molecule has 0 bridgehead atoms. The van der Waals surface area contributed by atoms with Crippen molar-refractivity contribution in [2.75, 3.05) is 0 Å². The molecule has 0 radical (unpaired) electrons. The molecule has 1 aromatic rings. The van der Waals surface area contributed by atoms with E-state index in [1.54, 1.807) is 0 Å². The number of rotatable bonds is 4. The van der Waals surface area contributed by atoms with Gasteiger partial charge in [0, 0.05) is 6.42 Å². The van der Waals surface area contributed by atoms with Crippen molar-refractivity contribution in [1.82, 2.24) is 0 Å². The van der Waals surface area contributed by atoms with Crippen molar-refractivity contribution in [3.63, 3.8) is 0 Å². The summed E-state index contributed by atoms with van der Waals surface area (Å²) in [5, 5.41) is 0. The average Bonchev–Trinajstić information content (AvgIpc) is 2.09. The molecular formula is C11H12O2. The molecule has 1 rings (SSSR count). The van der Waals surface area contributed by atoms with Crippen molar-refractivity contribution in [1.29, 1.82) is 0 Å². The SMILES string of the molecule is Cc1ccc(CC(=O)CC=O)cc1. The van der Waals surface area contributed by atoms with Crippen molar-refractivity contribution in [2.45, 2.75) is 19.8 Å². The number of benzene rings is 1. The molecule has 0 spiro atoms. The Hall–Kier alpha value is -1.44. The van der Waals surface area contributed by atoms with Crippen molar-refractivity contribution in [2.24, 2.45) is 0 Å². The molecule has 1 aromatic carbocycles. The summed E-state index contributed by atoms with van der Waals surface area (Å²) < 4.78 is 0. The summed E-state index contributed by atoms with van der Waals surface area (Å²) in [5.74, 6) is -0.0288. The topological polar surface area (TPSA) is 34.1 Å².